The molecule has 0 saturated carbocycles. The van der Waals surface area contributed by atoms with Crippen LogP contribution in [0.1, 0.15) is 59.1 Å². The van der Waals surface area contributed by atoms with Crippen LogP contribution >= 0.6 is 0 Å². The summed E-state index contributed by atoms with van der Waals surface area (Å²) in [4.78, 5) is 0. The summed E-state index contributed by atoms with van der Waals surface area (Å²) in [5.74, 6) is 0. The number of fused-ring (bicyclic) bond motifs is 18. The molecule has 2 aliphatic rings. The average Bonchev–Trinajstić information content (AvgIpc) is 4.03. The average molecular weight is 747 g/mol. The van der Waals surface area contributed by atoms with Crippen molar-refractivity contribution in [1.29, 1.82) is 10.5 Å². The number of para-hydroxylation sites is 2. The highest BCUT2D eigenvalue weighted by Crippen LogP contribution is 2.46. The Hall–Kier alpha value is -7.28. The number of furan rings is 2. The first-order valence-corrected chi connectivity index (χ1v) is 20.5. The van der Waals surface area contributed by atoms with Gasteiger partial charge in [-0.25, -0.2) is 0 Å². The Morgan fingerprint density at radius 3 is 1.34 bits per heavy atom. The monoisotopic (exact) mass is 746 g/mol. The van der Waals surface area contributed by atoms with E-state index in [0.717, 1.165) is 115 Å². The molecule has 4 aromatic heterocycles. The van der Waals surface area contributed by atoms with Gasteiger partial charge in [0.2, 0.25) is 0 Å². The highest BCUT2D eigenvalue weighted by atomic mass is 16.3. The molecule has 0 N–H and O–H groups in total. The Morgan fingerprint density at radius 1 is 0.448 bits per heavy atom. The van der Waals surface area contributed by atoms with Crippen LogP contribution in [0.5, 0.6) is 0 Å². The standard InChI is InChI=1S/C52H34N4O2/c53-27-31-26-44(56-42-24-18-30-10-2-4-12-34(30)48(42)40-22-20-38-36-14-6-8-16-46(36)58-52(38)50(40)56)32(28-54)25-43(31)55-41-23-17-29-9-1-3-11-33(29)47(41)39-21-19-37-35-13-5-7-15-45(35)57-51(37)49(39)55/h5-8,13-26H,1-4,9-12H2. The quantitative estimate of drug-likeness (QED) is 0.176. The number of hydrogen-bond acceptors (Lipinski definition) is 4. The Morgan fingerprint density at radius 2 is 0.879 bits per heavy atom. The zero-order valence-electron chi connectivity index (χ0n) is 31.7. The summed E-state index contributed by atoms with van der Waals surface area (Å²) in [6.07, 6.45) is 8.77. The minimum absolute atomic E-state index is 0.475. The maximum absolute atomic E-state index is 11.2. The van der Waals surface area contributed by atoms with Gasteiger partial charge in [-0.2, -0.15) is 10.5 Å². The summed E-state index contributed by atoms with van der Waals surface area (Å²) >= 11 is 0. The lowest BCUT2D eigenvalue weighted by Crippen LogP contribution is -2.06. The van der Waals surface area contributed by atoms with Crippen LogP contribution in [0.15, 0.2) is 118 Å². The van der Waals surface area contributed by atoms with Crippen LogP contribution in [0.2, 0.25) is 0 Å². The predicted molar refractivity (Wildman–Crippen MR) is 232 cm³/mol. The summed E-state index contributed by atoms with van der Waals surface area (Å²) in [7, 11) is 0. The molecule has 6 nitrogen and oxygen atoms in total. The number of aryl methyl sites for hydroxylation is 4. The minimum Gasteiger partial charge on any atom is -0.454 e. The highest BCUT2D eigenvalue weighted by molar-refractivity contribution is 6.24. The molecule has 0 unspecified atom stereocenters. The van der Waals surface area contributed by atoms with E-state index in [-0.39, 0.29) is 0 Å². The first-order valence-electron chi connectivity index (χ1n) is 20.5. The van der Waals surface area contributed by atoms with Crippen molar-refractivity contribution in [3.8, 4) is 23.5 Å². The van der Waals surface area contributed by atoms with Gasteiger partial charge in [0.25, 0.3) is 0 Å². The molecular formula is C52H34N4O2. The van der Waals surface area contributed by atoms with E-state index < -0.39 is 0 Å². The van der Waals surface area contributed by atoms with Crippen LogP contribution in [0, 0.1) is 22.7 Å². The molecule has 0 radical (unpaired) electrons. The molecule has 0 bridgehead atoms. The second-order valence-corrected chi connectivity index (χ2v) is 16.3. The fourth-order valence-electron chi connectivity index (χ4n) is 10.9. The molecule has 4 heterocycles. The van der Waals surface area contributed by atoms with E-state index in [4.69, 9.17) is 8.83 Å². The van der Waals surface area contributed by atoms with Gasteiger partial charge in [-0.05, 0) is 122 Å². The summed E-state index contributed by atoms with van der Waals surface area (Å²) in [5.41, 5.74) is 14.9. The Bertz CT molecular complexity index is 3480. The number of hydrogen-bond donors (Lipinski definition) is 0. The fraction of sp³-hybridized carbons (Fsp3) is 0.154. The first kappa shape index (κ1) is 31.9. The van der Waals surface area contributed by atoms with E-state index in [0.29, 0.717) is 22.5 Å². The van der Waals surface area contributed by atoms with Crippen LogP contribution in [-0.2, 0) is 25.7 Å². The summed E-state index contributed by atoms with van der Waals surface area (Å²) in [6, 6.07) is 43.2. The molecule has 274 valence electrons. The molecule has 0 spiro atoms. The zero-order chi connectivity index (χ0) is 38.2. The van der Waals surface area contributed by atoms with Crippen LogP contribution in [0.25, 0.3) is 98.9 Å². The lowest BCUT2D eigenvalue weighted by atomic mass is 9.88. The lowest BCUT2D eigenvalue weighted by molar-refractivity contribution is 0.670. The predicted octanol–water partition coefficient (Wildman–Crippen LogP) is 13.2. The Kier molecular flexibility index (Phi) is 6.39. The zero-order valence-corrected chi connectivity index (χ0v) is 31.7. The summed E-state index contributed by atoms with van der Waals surface area (Å²) in [5, 5.41) is 31.2. The van der Waals surface area contributed by atoms with Crippen LogP contribution in [0.4, 0.5) is 0 Å². The second kappa shape index (κ2) is 11.6. The molecule has 6 heteroatoms. The molecular weight excluding hydrogens is 713 g/mol. The number of rotatable bonds is 2. The van der Waals surface area contributed by atoms with Gasteiger partial charge in [0, 0.05) is 43.1 Å². The number of aromatic nitrogens is 2. The minimum atomic E-state index is 0.475. The molecule has 58 heavy (non-hydrogen) atoms. The van der Waals surface area contributed by atoms with E-state index in [1.165, 1.54) is 45.9 Å². The maximum Gasteiger partial charge on any atom is 0.160 e. The van der Waals surface area contributed by atoms with E-state index in [1.54, 1.807) is 0 Å². The van der Waals surface area contributed by atoms with Gasteiger partial charge in [-0.1, -0.05) is 60.7 Å². The molecule has 0 saturated heterocycles. The van der Waals surface area contributed by atoms with Crippen molar-refractivity contribution < 1.29 is 8.83 Å². The smallest absolute Gasteiger partial charge is 0.160 e. The Balaban J connectivity index is 1.17. The van der Waals surface area contributed by atoms with Crippen LogP contribution < -0.4 is 0 Å². The number of nitriles is 2. The largest absolute Gasteiger partial charge is 0.454 e. The van der Waals surface area contributed by atoms with Gasteiger partial charge < -0.3 is 18.0 Å². The number of benzene rings is 7. The highest BCUT2D eigenvalue weighted by Gasteiger charge is 2.28. The van der Waals surface area contributed by atoms with E-state index in [2.05, 4.69) is 81.9 Å². The third-order valence-electron chi connectivity index (χ3n) is 13.4. The second-order valence-electron chi connectivity index (χ2n) is 16.3. The van der Waals surface area contributed by atoms with Crippen LogP contribution in [0.3, 0.4) is 0 Å². The molecule has 11 aromatic rings. The van der Waals surface area contributed by atoms with Gasteiger partial charge in [0.05, 0.1) is 44.6 Å². The molecule has 13 rings (SSSR count). The van der Waals surface area contributed by atoms with Crippen molar-refractivity contribution in [2.75, 3.05) is 0 Å². The van der Waals surface area contributed by atoms with Gasteiger partial charge in [0.15, 0.2) is 11.2 Å². The van der Waals surface area contributed by atoms with Gasteiger partial charge in [0.1, 0.15) is 23.3 Å². The normalized spacial score (nSPS) is 14.3. The first-order chi connectivity index (χ1) is 28.7. The molecule has 0 aliphatic heterocycles. The van der Waals surface area contributed by atoms with Crippen molar-refractivity contribution in [1.82, 2.24) is 9.13 Å². The molecule has 0 amide bonds. The van der Waals surface area contributed by atoms with Crippen LogP contribution in [-0.4, -0.2) is 9.13 Å². The Labute approximate surface area is 332 Å². The molecule has 0 fully saturated rings. The van der Waals surface area contributed by atoms with Gasteiger partial charge in [-0.3, -0.25) is 0 Å². The van der Waals surface area contributed by atoms with Crippen molar-refractivity contribution in [3.63, 3.8) is 0 Å². The summed E-state index contributed by atoms with van der Waals surface area (Å²) in [6.45, 7) is 0. The van der Waals surface area contributed by atoms with Crippen molar-refractivity contribution in [2.24, 2.45) is 0 Å². The van der Waals surface area contributed by atoms with E-state index in [9.17, 15) is 10.5 Å². The molecule has 0 atom stereocenters. The van der Waals surface area contributed by atoms with Gasteiger partial charge >= 0.3 is 0 Å². The third-order valence-corrected chi connectivity index (χ3v) is 13.4. The van der Waals surface area contributed by atoms with E-state index in [1.807, 2.05) is 48.5 Å². The fourth-order valence-corrected chi connectivity index (χ4v) is 10.9. The lowest BCUT2D eigenvalue weighted by Gasteiger charge is -2.19. The molecule has 7 aromatic carbocycles. The third kappa shape index (κ3) is 4.09. The van der Waals surface area contributed by atoms with Crippen molar-refractivity contribution in [2.45, 2.75) is 51.4 Å². The number of nitrogens with zero attached hydrogens (tertiary/aromatic N) is 4. The van der Waals surface area contributed by atoms with Crippen molar-refractivity contribution >= 4 is 87.5 Å². The topological polar surface area (TPSA) is 83.7 Å². The van der Waals surface area contributed by atoms with Crippen molar-refractivity contribution in [3.05, 3.63) is 143 Å². The van der Waals surface area contributed by atoms with E-state index >= 15 is 0 Å². The maximum atomic E-state index is 11.2. The SMILES string of the molecule is N#Cc1cc(-n2c3ccc4c(c3c3ccc5c6ccccc6oc5c32)CCCC4)c(C#N)cc1-n1c2ccc3c(c2c2ccc4c5ccccc5oc4c21)CCCC3. The van der Waals surface area contributed by atoms with Gasteiger partial charge in [-0.15, -0.1) is 0 Å². The molecule has 2 aliphatic carbocycles. The summed E-state index contributed by atoms with van der Waals surface area (Å²) < 4.78 is 17.9.